The first-order valence-corrected chi connectivity index (χ1v) is 10.5. The van der Waals surface area contributed by atoms with Gasteiger partial charge in [-0.2, -0.15) is 0 Å². The van der Waals surface area contributed by atoms with Crippen LogP contribution in [0, 0.1) is 0 Å². The van der Waals surface area contributed by atoms with E-state index >= 15 is 0 Å². The van der Waals surface area contributed by atoms with Crippen molar-refractivity contribution >= 4 is 34.1 Å². The Bertz CT molecular complexity index is 872. The topological polar surface area (TPSA) is 90.5 Å². The van der Waals surface area contributed by atoms with Crippen molar-refractivity contribution < 1.29 is 9.59 Å². The van der Waals surface area contributed by atoms with E-state index in [0.717, 1.165) is 22.7 Å². The van der Waals surface area contributed by atoms with Crippen molar-refractivity contribution in [2.24, 2.45) is 0 Å². The molecule has 1 aromatic carbocycles. The van der Waals surface area contributed by atoms with Crippen LogP contribution in [0.4, 0.5) is 15.6 Å². The minimum absolute atomic E-state index is 0.214. The number of urea groups is 1. The Morgan fingerprint density at radius 3 is 2.48 bits per heavy atom. The Morgan fingerprint density at radius 2 is 1.86 bits per heavy atom. The highest BCUT2D eigenvalue weighted by atomic mass is 32.1. The molecule has 1 atom stereocenters. The summed E-state index contributed by atoms with van der Waals surface area (Å²) in [5, 5.41) is 15.2. The van der Waals surface area contributed by atoms with Crippen LogP contribution in [0.25, 0.3) is 10.6 Å². The van der Waals surface area contributed by atoms with Crippen LogP contribution in [0.3, 0.4) is 0 Å². The fourth-order valence-corrected chi connectivity index (χ4v) is 3.91. The van der Waals surface area contributed by atoms with Crippen LogP contribution in [0.2, 0.25) is 0 Å². The Balaban J connectivity index is 1.66. The van der Waals surface area contributed by atoms with E-state index in [2.05, 4.69) is 20.8 Å². The lowest BCUT2D eigenvalue weighted by Gasteiger charge is -2.28. The van der Waals surface area contributed by atoms with Crippen LogP contribution >= 0.6 is 11.3 Å². The maximum absolute atomic E-state index is 12.8. The number of carbonyl (C=O) groups excluding carboxylic acids is 2. The molecule has 1 fully saturated rings. The molecule has 2 heterocycles. The average Bonchev–Trinajstić information content (AvgIpc) is 3.30. The van der Waals surface area contributed by atoms with E-state index < -0.39 is 6.04 Å². The first kappa shape index (κ1) is 21.0. The highest BCUT2D eigenvalue weighted by Crippen LogP contribution is 2.28. The van der Waals surface area contributed by atoms with Crippen molar-refractivity contribution in [1.29, 1.82) is 0 Å². The fraction of sp³-hybridized carbons (Fsp3) is 0.500. The Hall–Kier alpha value is -2.68. The Labute approximate surface area is 175 Å². The third-order valence-corrected chi connectivity index (χ3v) is 5.47. The number of likely N-dealkylation sites (tertiary alicyclic amines) is 1. The number of amides is 3. The van der Waals surface area contributed by atoms with Gasteiger partial charge in [-0.25, -0.2) is 4.79 Å². The molecule has 0 bridgehead atoms. The van der Waals surface area contributed by atoms with Gasteiger partial charge in [0.2, 0.25) is 11.0 Å². The summed E-state index contributed by atoms with van der Waals surface area (Å²) in [6.07, 6.45) is 1.44. The standard InChI is InChI=1S/C20H28N6O2S/c1-20(2,3)22-19(28)26-12-6-7-15(26)16(27)21-18-24-23-17(29-18)13-8-10-14(11-9-13)25(4)5/h8-11,15H,6-7,12H2,1-5H3,(H,22,28)(H,21,24,27)/t15-/m1/s1. The molecular formula is C20H28N6O2S. The van der Waals surface area contributed by atoms with Gasteiger partial charge in [-0.15, -0.1) is 10.2 Å². The zero-order chi connectivity index (χ0) is 21.2. The fourth-order valence-electron chi connectivity index (χ4n) is 3.16. The molecule has 2 N–H and O–H groups in total. The summed E-state index contributed by atoms with van der Waals surface area (Å²) >= 11 is 1.32. The van der Waals surface area contributed by atoms with Gasteiger partial charge in [0.1, 0.15) is 11.0 Å². The first-order chi connectivity index (χ1) is 13.6. The van der Waals surface area contributed by atoms with Gasteiger partial charge in [-0.1, -0.05) is 11.3 Å². The first-order valence-electron chi connectivity index (χ1n) is 9.65. The maximum atomic E-state index is 12.8. The van der Waals surface area contributed by atoms with Crippen molar-refractivity contribution in [3.05, 3.63) is 24.3 Å². The van der Waals surface area contributed by atoms with Gasteiger partial charge in [0.05, 0.1) is 0 Å². The summed E-state index contributed by atoms with van der Waals surface area (Å²) in [5.41, 5.74) is 1.69. The quantitative estimate of drug-likeness (QED) is 0.799. The molecule has 1 aliphatic rings. The summed E-state index contributed by atoms with van der Waals surface area (Å²) < 4.78 is 0. The molecule has 0 aliphatic carbocycles. The van der Waals surface area contributed by atoms with Gasteiger partial charge in [-0.3, -0.25) is 10.1 Å². The van der Waals surface area contributed by atoms with Gasteiger partial charge >= 0.3 is 6.03 Å². The predicted molar refractivity (Wildman–Crippen MR) is 116 cm³/mol. The van der Waals surface area contributed by atoms with Crippen molar-refractivity contribution in [1.82, 2.24) is 20.4 Å². The van der Waals surface area contributed by atoms with Crippen LogP contribution in [-0.2, 0) is 4.79 Å². The molecule has 3 rings (SSSR count). The highest BCUT2D eigenvalue weighted by molar-refractivity contribution is 7.18. The normalized spacial score (nSPS) is 16.6. The van der Waals surface area contributed by atoms with Crippen molar-refractivity contribution in [2.45, 2.75) is 45.2 Å². The average molecular weight is 417 g/mol. The van der Waals surface area contributed by atoms with Crippen molar-refractivity contribution in [3.8, 4) is 10.6 Å². The van der Waals surface area contributed by atoms with E-state index in [1.165, 1.54) is 11.3 Å². The van der Waals surface area contributed by atoms with Crippen LogP contribution in [0.15, 0.2) is 24.3 Å². The molecular weight excluding hydrogens is 388 g/mol. The van der Waals surface area contributed by atoms with Gasteiger partial charge in [0.25, 0.3) is 0 Å². The van der Waals surface area contributed by atoms with Crippen LogP contribution in [0.5, 0.6) is 0 Å². The van der Waals surface area contributed by atoms with E-state index in [0.29, 0.717) is 18.1 Å². The van der Waals surface area contributed by atoms with Gasteiger partial charge in [0, 0.05) is 37.4 Å². The molecule has 1 saturated heterocycles. The molecule has 8 nitrogen and oxygen atoms in total. The largest absolute Gasteiger partial charge is 0.378 e. The summed E-state index contributed by atoms with van der Waals surface area (Å²) in [5.74, 6) is -0.225. The second-order valence-corrected chi connectivity index (χ2v) is 9.35. The third kappa shape index (κ3) is 5.23. The molecule has 9 heteroatoms. The van der Waals surface area contributed by atoms with E-state index in [1.54, 1.807) is 4.90 Å². The number of benzene rings is 1. The minimum atomic E-state index is -0.496. The second-order valence-electron chi connectivity index (χ2n) is 8.37. The number of aromatic nitrogens is 2. The van der Waals surface area contributed by atoms with Gasteiger partial charge in [0.15, 0.2) is 0 Å². The van der Waals surface area contributed by atoms with E-state index in [4.69, 9.17) is 0 Å². The number of nitrogens with zero attached hydrogens (tertiary/aromatic N) is 4. The number of nitrogens with one attached hydrogen (secondary N) is 2. The Morgan fingerprint density at radius 1 is 1.17 bits per heavy atom. The second kappa shape index (κ2) is 8.36. The minimum Gasteiger partial charge on any atom is -0.378 e. The Kier molecular flexibility index (Phi) is 6.07. The molecule has 0 saturated carbocycles. The van der Waals surface area contributed by atoms with E-state index in [1.807, 2.05) is 64.0 Å². The number of anilines is 2. The van der Waals surface area contributed by atoms with Crippen molar-refractivity contribution in [3.63, 3.8) is 0 Å². The molecule has 2 aromatic rings. The van der Waals surface area contributed by atoms with Crippen LogP contribution < -0.4 is 15.5 Å². The van der Waals surface area contributed by atoms with Gasteiger partial charge in [-0.05, 0) is 57.9 Å². The summed E-state index contributed by atoms with van der Waals surface area (Å²) in [6.45, 7) is 6.33. The summed E-state index contributed by atoms with van der Waals surface area (Å²) in [6, 6.07) is 7.28. The summed E-state index contributed by atoms with van der Waals surface area (Å²) in [4.78, 5) is 28.9. The van der Waals surface area contributed by atoms with Gasteiger partial charge < -0.3 is 15.1 Å². The van der Waals surface area contributed by atoms with Crippen LogP contribution in [-0.4, -0.2) is 59.3 Å². The van der Waals surface area contributed by atoms with Crippen LogP contribution in [0.1, 0.15) is 33.6 Å². The predicted octanol–water partition coefficient (Wildman–Crippen LogP) is 3.18. The molecule has 0 unspecified atom stereocenters. The lowest BCUT2D eigenvalue weighted by atomic mass is 10.1. The molecule has 0 radical (unpaired) electrons. The smallest absolute Gasteiger partial charge is 0.318 e. The zero-order valence-electron chi connectivity index (χ0n) is 17.5. The summed E-state index contributed by atoms with van der Waals surface area (Å²) in [7, 11) is 3.98. The van der Waals surface area contributed by atoms with E-state index in [-0.39, 0.29) is 17.5 Å². The molecule has 0 spiro atoms. The lowest BCUT2D eigenvalue weighted by molar-refractivity contribution is -0.119. The molecule has 1 aliphatic heterocycles. The molecule has 3 amide bonds. The number of hydrogen-bond donors (Lipinski definition) is 2. The monoisotopic (exact) mass is 416 g/mol. The van der Waals surface area contributed by atoms with E-state index in [9.17, 15) is 9.59 Å². The molecule has 156 valence electrons. The zero-order valence-corrected chi connectivity index (χ0v) is 18.3. The lowest BCUT2D eigenvalue weighted by Crippen LogP contribution is -2.52. The number of rotatable bonds is 4. The maximum Gasteiger partial charge on any atom is 0.318 e. The SMILES string of the molecule is CN(C)c1ccc(-c2nnc(NC(=O)[C@H]3CCCN3C(=O)NC(C)(C)C)s2)cc1. The third-order valence-electron chi connectivity index (χ3n) is 4.58. The highest BCUT2D eigenvalue weighted by Gasteiger charge is 2.35. The van der Waals surface area contributed by atoms with Crippen molar-refractivity contribution in [2.75, 3.05) is 30.9 Å². The number of hydrogen-bond acceptors (Lipinski definition) is 6. The number of carbonyl (C=O) groups is 2. The molecule has 1 aromatic heterocycles. The molecule has 29 heavy (non-hydrogen) atoms.